The van der Waals surface area contributed by atoms with Crippen LogP contribution in [0.3, 0.4) is 0 Å². The molecule has 0 saturated heterocycles. The van der Waals surface area contributed by atoms with Crippen LogP contribution in [-0.4, -0.2) is 29.5 Å². The van der Waals surface area contributed by atoms with Crippen molar-refractivity contribution >= 4 is 34.3 Å². The van der Waals surface area contributed by atoms with Gasteiger partial charge < -0.3 is 19.1 Å². The smallest absolute Gasteiger partial charge is 0.269 e. The van der Waals surface area contributed by atoms with Crippen molar-refractivity contribution in [2.24, 2.45) is 0 Å². The Bertz CT molecular complexity index is 970. The third kappa shape index (κ3) is 3.76. The molecule has 26 heavy (non-hydrogen) atoms. The van der Waals surface area contributed by atoms with Gasteiger partial charge in [-0.1, -0.05) is 40.5 Å². The number of methoxy groups -OCH3 is 2. The van der Waals surface area contributed by atoms with Gasteiger partial charge in [-0.3, -0.25) is 0 Å². The molecule has 0 bridgehead atoms. The van der Waals surface area contributed by atoms with Gasteiger partial charge in [-0.15, -0.1) is 0 Å². The van der Waals surface area contributed by atoms with Crippen LogP contribution in [0.5, 0.6) is 17.2 Å². The molecule has 0 atom stereocenters. The molecule has 8 heteroatoms. The van der Waals surface area contributed by atoms with Gasteiger partial charge in [-0.25, -0.2) is 0 Å². The summed E-state index contributed by atoms with van der Waals surface area (Å²) in [5.74, 6) is 1.30. The highest BCUT2D eigenvalue weighted by Gasteiger charge is 2.14. The van der Waals surface area contributed by atoms with Crippen molar-refractivity contribution in [2.45, 2.75) is 0 Å². The van der Waals surface area contributed by atoms with Crippen LogP contribution < -0.4 is 9.47 Å². The van der Waals surface area contributed by atoms with Gasteiger partial charge in [0.25, 0.3) is 5.89 Å². The van der Waals surface area contributed by atoms with Gasteiger partial charge in [0.1, 0.15) is 10.8 Å². The number of phenols is 1. The van der Waals surface area contributed by atoms with Crippen LogP contribution in [0.4, 0.5) is 0 Å². The number of hydrogen-bond acceptors (Lipinski definition) is 6. The molecule has 3 rings (SSSR count). The summed E-state index contributed by atoms with van der Waals surface area (Å²) in [5.41, 5.74) is 1.34. The molecule has 6 nitrogen and oxygen atoms in total. The third-order valence-corrected chi connectivity index (χ3v) is 4.08. The van der Waals surface area contributed by atoms with E-state index in [1.165, 1.54) is 7.11 Å². The molecule has 134 valence electrons. The summed E-state index contributed by atoms with van der Waals surface area (Å²) < 4.78 is 15.5. The van der Waals surface area contributed by atoms with E-state index in [1.54, 1.807) is 31.4 Å². The predicted molar refractivity (Wildman–Crippen MR) is 99.7 cm³/mol. The molecule has 0 saturated carbocycles. The molecule has 0 spiro atoms. The molecule has 0 aliphatic heterocycles. The van der Waals surface area contributed by atoms with Gasteiger partial charge in [0, 0.05) is 5.56 Å². The number of aromatic hydroxyl groups is 1. The number of halogens is 2. The van der Waals surface area contributed by atoms with Crippen LogP contribution in [0, 0.1) is 0 Å². The Kier molecular flexibility index (Phi) is 5.35. The second kappa shape index (κ2) is 7.68. The first kappa shape index (κ1) is 18.1. The van der Waals surface area contributed by atoms with Gasteiger partial charge in [0.05, 0.1) is 19.2 Å². The lowest BCUT2D eigenvalue weighted by Crippen LogP contribution is -1.87. The first-order chi connectivity index (χ1) is 12.5. The van der Waals surface area contributed by atoms with Gasteiger partial charge in [0.15, 0.2) is 11.5 Å². The molecule has 0 amide bonds. The van der Waals surface area contributed by atoms with Crippen LogP contribution in [0.1, 0.15) is 11.5 Å². The quantitative estimate of drug-likeness (QED) is 0.668. The summed E-state index contributed by atoms with van der Waals surface area (Å²) in [4.78, 5) is 4.29. The van der Waals surface area contributed by atoms with Crippen molar-refractivity contribution in [2.75, 3.05) is 14.2 Å². The number of hydrogen-bond donors (Lipinski definition) is 1. The van der Waals surface area contributed by atoms with Gasteiger partial charge in [0.2, 0.25) is 5.82 Å². The fraction of sp³-hybridized carbons (Fsp3) is 0.111. The molecule has 0 fully saturated rings. The maximum absolute atomic E-state index is 9.78. The molecular weight excluding hydrogens is 379 g/mol. The molecule has 0 unspecified atom stereocenters. The number of nitrogens with zero attached hydrogens (tertiary/aromatic N) is 2. The Labute approximate surface area is 159 Å². The summed E-state index contributed by atoms with van der Waals surface area (Å²) in [6, 6.07) is 10.4. The maximum Gasteiger partial charge on any atom is 0.269 e. The highest BCUT2D eigenvalue weighted by atomic mass is 35.5. The standard InChI is InChI=1S/C18H14Cl2N2O4/c1-24-12-5-3-4-11(9-12)17-21-18(26-22-17)14(20)7-10-6-13(19)16(23)15(8-10)25-2/h3-9,23H,1-2H3/b14-7-. The van der Waals surface area contributed by atoms with E-state index in [-0.39, 0.29) is 27.4 Å². The summed E-state index contributed by atoms with van der Waals surface area (Å²) in [5, 5.41) is 14.1. The molecule has 1 heterocycles. The fourth-order valence-electron chi connectivity index (χ4n) is 2.24. The van der Waals surface area contributed by atoms with Crippen molar-refractivity contribution in [3.63, 3.8) is 0 Å². The SMILES string of the molecule is COc1cccc(-c2noc(/C(Cl)=C/c3cc(Cl)c(O)c(OC)c3)n2)c1. The monoisotopic (exact) mass is 392 g/mol. The Morgan fingerprint density at radius 2 is 2.00 bits per heavy atom. The van der Waals surface area contributed by atoms with Crippen molar-refractivity contribution in [3.8, 4) is 28.6 Å². The van der Waals surface area contributed by atoms with Crippen molar-refractivity contribution < 1.29 is 19.1 Å². The first-order valence-corrected chi connectivity index (χ1v) is 8.19. The number of benzene rings is 2. The minimum atomic E-state index is -0.138. The van der Waals surface area contributed by atoms with Crippen molar-refractivity contribution in [3.05, 3.63) is 52.9 Å². The van der Waals surface area contributed by atoms with Gasteiger partial charge in [-0.2, -0.15) is 4.98 Å². The Morgan fingerprint density at radius 3 is 2.73 bits per heavy atom. The van der Waals surface area contributed by atoms with E-state index in [0.29, 0.717) is 17.1 Å². The number of ether oxygens (including phenoxy) is 2. The van der Waals surface area contributed by atoms with Crippen molar-refractivity contribution in [1.82, 2.24) is 10.1 Å². The van der Waals surface area contributed by atoms with E-state index in [1.807, 2.05) is 18.2 Å². The average Bonchev–Trinajstić information content (AvgIpc) is 3.15. The zero-order valence-electron chi connectivity index (χ0n) is 13.9. The predicted octanol–water partition coefficient (Wildman–Crippen LogP) is 4.85. The van der Waals surface area contributed by atoms with E-state index < -0.39 is 0 Å². The first-order valence-electron chi connectivity index (χ1n) is 7.44. The third-order valence-electron chi connectivity index (χ3n) is 3.52. The number of rotatable bonds is 5. The average molecular weight is 393 g/mol. The molecule has 0 aliphatic carbocycles. The molecule has 1 aromatic heterocycles. The second-order valence-corrected chi connectivity index (χ2v) is 6.02. The zero-order chi connectivity index (χ0) is 18.7. The lowest BCUT2D eigenvalue weighted by Gasteiger charge is -2.06. The minimum Gasteiger partial charge on any atom is -0.503 e. The van der Waals surface area contributed by atoms with Gasteiger partial charge in [-0.05, 0) is 35.9 Å². The Hall–Kier alpha value is -2.70. The summed E-state index contributed by atoms with van der Waals surface area (Å²) >= 11 is 12.3. The van der Waals surface area contributed by atoms with E-state index in [2.05, 4.69) is 10.1 Å². The summed E-state index contributed by atoms with van der Waals surface area (Å²) in [6.45, 7) is 0. The second-order valence-electron chi connectivity index (χ2n) is 5.20. The lowest BCUT2D eigenvalue weighted by molar-refractivity contribution is 0.373. The molecule has 3 aromatic rings. The van der Waals surface area contributed by atoms with Gasteiger partial charge >= 0.3 is 0 Å². The Balaban J connectivity index is 1.91. The Morgan fingerprint density at radius 1 is 1.19 bits per heavy atom. The number of phenolic OH excluding ortho intramolecular Hbond substituents is 1. The van der Waals surface area contributed by atoms with Crippen LogP contribution in [0.15, 0.2) is 40.9 Å². The highest BCUT2D eigenvalue weighted by molar-refractivity contribution is 6.50. The summed E-state index contributed by atoms with van der Waals surface area (Å²) in [7, 11) is 3.01. The van der Waals surface area contributed by atoms with Crippen LogP contribution in [-0.2, 0) is 0 Å². The highest BCUT2D eigenvalue weighted by Crippen LogP contribution is 2.36. The molecule has 1 N–H and O–H groups in total. The van der Waals surface area contributed by atoms with E-state index in [4.69, 9.17) is 37.2 Å². The summed E-state index contributed by atoms with van der Waals surface area (Å²) in [6.07, 6.45) is 1.58. The molecule has 0 radical (unpaired) electrons. The lowest BCUT2D eigenvalue weighted by atomic mass is 10.2. The van der Waals surface area contributed by atoms with E-state index in [0.717, 1.165) is 5.56 Å². The normalized spacial score (nSPS) is 11.5. The van der Waals surface area contributed by atoms with E-state index in [9.17, 15) is 5.11 Å². The van der Waals surface area contributed by atoms with Crippen LogP contribution in [0.25, 0.3) is 22.5 Å². The number of aromatic nitrogens is 2. The largest absolute Gasteiger partial charge is 0.503 e. The van der Waals surface area contributed by atoms with E-state index >= 15 is 0 Å². The molecular formula is C18H14Cl2N2O4. The van der Waals surface area contributed by atoms with Crippen molar-refractivity contribution in [1.29, 1.82) is 0 Å². The minimum absolute atomic E-state index is 0.138. The zero-order valence-corrected chi connectivity index (χ0v) is 15.4. The fourth-order valence-corrected chi connectivity index (χ4v) is 2.66. The van der Waals surface area contributed by atoms with Crippen LogP contribution >= 0.6 is 23.2 Å². The topological polar surface area (TPSA) is 77.6 Å². The maximum atomic E-state index is 9.78. The van der Waals surface area contributed by atoms with Crippen LogP contribution in [0.2, 0.25) is 5.02 Å². The molecule has 2 aromatic carbocycles. The molecule has 0 aliphatic rings.